The van der Waals surface area contributed by atoms with E-state index in [-0.39, 0.29) is 11.5 Å². The molecule has 0 aliphatic carbocycles. The highest BCUT2D eigenvalue weighted by molar-refractivity contribution is 6.03. The Labute approximate surface area is 149 Å². The molecule has 5 nitrogen and oxygen atoms in total. The van der Waals surface area contributed by atoms with E-state index < -0.39 is 17.5 Å². The largest absolute Gasteiger partial charge is 0.340 e. The summed E-state index contributed by atoms with van der Waals surface area (Å²) in [5, 5.41) is 5.62. The number of halogens is 2. The third kappa shape index (κ3) is 4.00. The Morgan fingerprint density at radius 2 is 1.77 bits per heavy atom. The zero-order valence-corrected chi connectivity index (χ0v) is 14.2. The third-order valence-electron chi connectivity index (χ3n) is 3.73. The van der Waals surface area contributed by atoms with Crippen LogP contribution in [0.4, 0.5) is 26.0 Å². The van der Waals surface area contributed by atoms with E-state index >= 15 is 0 Å². The lowest BCUT2D eigenvalue weighted by Gasteiger charge is -2.10. The van der Waals surface area contributed by atoms with Gasteiger partial charge in [-0.2, -0.15) is 0 Å². The molecule has 3 rings (SSSR count). The number of amides is 1. The summed E-state index contributed by atoms with van der Waals surface area (Å²) in [7, 11) is 0. The second-order valence-electron chi connectivity index (χ2n) is 5.81. The van der Waals surface area contributed by atoms with Crippen molar-refractivity contribution in [2.24, 2.45) is 0 Å². The fourth-order valence-corrected chi connectivity index (χ4v) is 2.33. The van der Waals surface area contributed by atoms with Crippen LogP contribution in [0.15, 0.2) is 48.8 Å². The smallest absolute Gasteiger partial charge is 0.274 e. The molecule has 0 aliphatic heterocycles. The monoisotopic (exact) mass is 354 g/mol. The Kier molecular flexibility index (Phi) is 4.88. The Hall–Kier alpha value is -3.35. The summed E-state index contributed by atoms with van der Waals surface area (Å²) in [6.07, 6.45) is 1.22. The van der Waals surface area contributed by atoms with Crippen LogP contribution < -0.4 is 10.6 Å². The average Bonchev–Trinajstić information content (AvgIpc) is 2.61. The van der Waals surface area contributed by atoms with Gasteiger partial charge in [-0.25, -0.2) is 18.7 Å². The van der Waals surface area contributed by atoms with Gasteiger partial charge >= 0.3 is 0 Å². The molecule has 1 aromatic heterocycles. The van der Waals surface area contributed by atoms with Gasteiger partial charge in [-0.05, 0) is 43.2 Å². The third-order valence-corrected chi connectivity index (χ3v) is 3.73. The van der Waals surface area contributed by atoms with Crippen LogP contribution in [-0.2, 0) is 0 Å². The molecule has 3 aromatic rings. The molecule has 1 amide bonds. The Morgan fingerprint density at radius 3 is 2.54 bits per heavy atom. The van der Waals surface area contributed by atoms with Crippen molar-refractivity contribution >= 4 is 23.1 Å². The molecule has 0 saturated carbocycles. The number of carbonyl (C=O) groups is 1. The van der Waals surface area contributed by atoms with Gasteiger partial charge in [0.15, 0.2) is 11.6 Å². The van der Waals surface area contributed by atoms with E-state index in [0.717, 1.165) is 23.3 Å². The van der Waals surface area contributed by atoms with E-state index in [1.54, 1.807) is 0 Å². The Bertz CT molecular complexity index is 976. The van der Waals surface area contributed by atoms with Crippen molar-refractivity contribution in [2.75, 3.05) is 10.6 Å². The van der Waals surface area contributed by atoms with Crippen LogP contribution >= 0.6 is 0 Å². The highest BCUT2D eigenvalue weighted by Crippen LogP contribution is 2.19. The maximum atomic E-state index is 13.3. The topological polar surface area (TPSA) is 66.9 Å². The van der Waals surface area contributed by atoms with Crippen molar-refractivity contribution in [3.05, 3.63) is 77.2 Å². The summed E-state index contributed by atoms with van der Waals surface area (Å²) in [6, 6.07) is 10.6. The number of hydrogen-bond donors (Lipinski definition) is 2. The number of benzene rings is 2. The van der Waals surface area contributed by atoms with Gasteiger partial charge in [0, 0.05) is 23.5 Å². The molecule has 0 atom stereocenters. The van der Waals surface area contributed by atoms with Crippen molar-refractivity contribution in [1.29, 1.82) is 0 Å². The molecule has 0 spiro atoms. The molecule has 2 N–H and O–H groups in total. The zero-order chi connectivity index (χ0) is 18.7. The molecule has 0 aliphatic rings. The first-order chi connectivity index (χ1) is 12.4. The van der Waals surface area contributed by atoms with Crippen molar-refractivity contribution in [3.63, 3.8) is 0 Å². The molecule has 1 heterocycles. The van der Waals surface area contributed by atoms with Crippen molar-refractivity contribution in [3.8, 4) is 0 Å². The molecule has 0 unspecified atom stereocenters. The summed E-state index contributed by atoms with van der Waals surface area (Å²) in [5.41, 5.74) is 3.10. The first kappa shape index (κ1) is 17.5. The molecule has 26 heavy (non-hydrogen) atoms. The molecular formula is C19H16F2N4O. The number of aryl methyl sites for hydroxylation is 2. The van der Waals surface area contributed by atoms with Crippen LogP contribution in [0.3, 0.4) is 0 Å². The van der Waals surface area contributed by atoms with E-state index in [1.165, 1.54) is 18.5 Å². The fraction of sp³-hybridized carbons (Fsp3) is 0.105. The highest BCUT2D eigenvalue weighted by Gasteiger charge is 2.11. The molecule has 132 valence electrons. The molecular weight excluding hydrogens is 338 g/mol. The number of aromatic nitrogens is 2. The summed E-state index contributed by atoms with van der Waals surface area (Å²) in [4.78, 5) is 20.4. The number of nitrogens with one attached hydrogen (secondary N) is 2. The van der Waals surface area contributed by atoms with Gasteiger partial charge in [-0.15, -0.1) is 0 Å². The highest BCUT2D eigenvalue weighted by atomic mass is 19.2. The second kappa shape index (κ2) is 7.26. The minimum absolute atomic E-state index is 0.144. The van der Waals surface area contributed by atoms with Gasteiger partial charge in [-0.1, -0.05) is 12.1 Å². The fourth-order valence-electron chi connectivity index (χ4n) is 2.33. The van der Waals surface area contributed by atoms with Crippen LogP contribution in [0.25, 0.3) is 0 Å². The number of rotatable bonds is 4. The van der Waals surface area contributed by atoms with Crippen LogP contribution in [0.5, 0.6) is 0 Å². The van der Waals surface area contributed by atoms with Gasteiger partial charge in [0.05, 0.1) is 0 Å². The van der Waals surface area contributed by atoms with Gasteiger partial charge in [-0.3, -0.25) is 4.79 Å². The lowest BCUT2D eigenvalue weighted by Crippen LogP contribution is -2.15. The van der Waals surface area contributed by atoms with Gasteiger partial charge in [0.2, 0.25) is 0 Å². The summed E-state index contributed by atoms with van der Waals surface area (Å²) in [5.74, 6) is -2.02. The van der Waals surface area contributed by atoms with Gasteiger partial charge < -0.3 is 10.6 Å². The van der Waals surface area contributed by atoms with E-state index in [4.69, 9.17) is 0 Å². The standard InChI is InChI=1S/C19H16F2N4O/c1-11-3-4-12(2)16(7-11)25-19(26)17-9-18(23-10-22-17)24-13-5-6-14(20)15(21)8-13/h3-10H,1-2H3,(H,25,26)(H,22,23,24). The zero-order valence-electron chi connectivity index (χ0n) is 14.2. The minimum Gasteiger partial charge on any atom is -0.340 e. The predicted octanol–water partition coefficient (Wildman–Crippen LogP) is 4.37. The number of nitrogens with zero attached hydrogens (tertiary/aromatic N) is 2. The molecule has 7 heteroatoms. The number of hydrogen-bond acceptors (Lipinski definition) is 4. The van der Waals surface area contributed by atoms with E-state index in [9.17, 15) is 13.6 Å². The quantitative estimate of drug-likeness (QED) is 0.730. The van der Waals surface area contributed by atoms with Gasteiger partial charge in [0.1, 0.15) is 17.8 Å². The van der Waals surface area contributed by atoms with Crippen molar-refractivity contribution < 1.29 is 13.6 Å². The normalized spacial score (nSPS) is 10.5. The molecule has 0 saturated heterocycles. The van der Waals surface area contributed by atoms with E-state index in [1.807, 2.05) is 32.0 Å². The molecule has 0 fully saturated rings. The number of anilines is 3. The number of carbonyl (C=O) groups excluding carboxylic acids is 1. The van der Waals surface area contributed by atoms with E-state index in [0.29, 0.717) is 11.4 Å². The van der Waals surface area contributed by atoms with Crippen molar-refractivity contribution in [1.82, 2.24) is 9.97 Å². The first-order valence-electron chi connectivity index (χ1n) is 7.85. The Balaban J connectivity index is 1.78. The Morgan fingerprint density at radius 1 is 0.962 bits per heavy atom. The maximum Gasteiger partial charge on any atom is 0.274 e. The van der Waals surface area contributed by atoms with Crippen LogP contribution in [-0.4, -0.2) is 15.9 Å². The molecule has 0 radical (unpaired) electrons. The summed E-state index contributed by atoms with van der Waals surface area (Å²) >= 11 is 0. The molecule has 2 aromatic carbocycles. The van der Waals surface area contributed by atoms with Gasteiger partial charge in [0.25, 0.3) is 5.91 Å². The first-order valence-corrected chi connectivity index (χ1v) is 7.85. The van der Waals surface area contributed by atoms with Crippen molar-refractivity contribution in [2.45, 2.75) is 13.8 Å². The second-order valence-corrected chi connectivity index (χ2v) is 5.81. The summed E-state index contributed by atoms with van der Waals surface area (Å²) < 4.78 is 26.3. The van der Waals surface area contributed by atoms with Crippen LogP contribution in [0, 0.1) is 25.5 Å². The predicted molar refractivity (Wildman–Crippen MR) is 95.5 cm³/mol. The summed E-state index contributed by atoms with van der Waals surface area (Å²) in [6.45, 7) is 3.83. The van der Waals surface area contributed by atoms with E-state index in [2.05, 4.69) is 20.6 Å². The average molecular weight is 354 g/mol. The SMILES string of the molecule is Cc1ccc(C)c(NC(=O)c2cc(Nc3ccc(F)c(F)c3)ncn2)c1. The lowest BCUT2D eigenvalue weighted by molar-refractivity contribution is 0.102. The molecule has 0 bridgehead atoms. The maximum absolute atomic E-state index is 13.3. The van der Waals surface area contributed by atoms with Crippen LogP contribution in [0.1, 0.15) is 21.6 Å². The lowest BCUT2D eigenvalue weighted by atomic mass is 10.1. The minimum atomic E-state index is -0.975. The van der Waals surface area contributed by atoms with Crippen LogP contribution in [0.2, 0.25) is 0 Å².